The number of aliphatic imine (C=N–C) groups is 1. The predicted molar refractivity (Wildman–Crippen MR) is 60.4 cm³/mol. The molecule has 0 rings (SSSR count). The minimum absolute atomic E-state index is 0.0289. The van der Waals surface area contributed by atoms with Gasteiger partial charge in [-0.15, -0.1) is 0 Å². The quantitative estimate of drug-likeness (QED) is 0.671. The molecule has 0 saturated carbocycles. The third-order valence-corrected chi connectivity index (χ3v) is 1.38. The standard InChI is InChI=1S/C7H13NO.C4H10/c1-3-4-5-8-7(2)6-9;1-3-4-2/h3-5,7,9H,6H2,1-2H3;3-4H2,1-2H3/b4-3-,8-5?;. The Morgan fingerprint density at radius 1 is 1.31 bits per heavy atom. The fraction of sp³-hybridized carbons (Fsp3) is 0.727. The monoisotopic (exact) mass is 185 g/mol. The molecule has 0 aromatic carbocycles. The largest absolute Gasteiger partial charge is 0.394 e. The fourth-order valence-electron chi connectivity index (χ4n) is 0.330. The van der Waals surface area contributed by atoms with Crippen LogP contribution >= 0.6 is 0 Å². The Kier molecular flexibility index (Phi) is 15.9. The highest BCUT2D eigenvalue weighted by Crippen LogP contribution is 1.83. The molecule has 0 fully saturated rings. The van der Waals surface area contributed by atoms with Crippen LogP contribution in [0.1, 0.15) is 40.5 Å². The van der Waals surface area contributed by atoms with E-state index in [-0.39, 0.29) is 12.6 Å². The van der Waals surface area contributed by atoms with Crippen molar-refractivity contribution in [2.75, 3.05) is 6.61 Å². The highest BCUT2D eigenvalue weighted by molar-refractivity contribution is 5.70. The average Bonchev–Trinajstić information content (AvgIpc) is 2.18. The van der Waals surface area contributed by atoms with Gasteiger partial charge in [0.2, 0.25) is 0 Å². The molecule has 1 unspecified atom stereocenters. The van der Waals surface area contributed by atoms with E-state index in [1.807, 2.05) is 26.0 Å². The molecule has 2 heteroatoms. The van der Waals surface area contributed by atoms with Crippen molar-refractivity contribution in [1.82, 2.24) is 0 Å². The summed E-state index contributed by atoms with van der Waals surface area (Å²) < 4.78 is 0. The Hall–Kier alpha value is -0.630. The van der Waals surface area contributed by atoms with Crippen molar-refractivity contribution in [1.29, 1.82) is 0 Å². The van der Waals surface area contributed by atoms with Crippen LogP contribution < -0.4 is 0 Å². The van der Waals surface area contributed by atoms with E-state index in [1.165, 1.54) is 12.8 Å². The molecule has 0 aliphatic heterocycles. The topological polar surface area (TPSA) is 32.6 Å². The van der Waals surface area contributed by atoms with E-state index in [0.717, 1.165) is 0 Å². The molecule has 0 amide bonds. The Morgan fingerprint density at radius 2 is 1.85 bits per heavy atom. The number of aliphatic hydroxyl groups is 1. The van der Waals surface area contributed by atoms with Gasteiger partial charge in [0.05, 0.1) is 12.6 Å². The Morgan fingerprint density at radius 3 is 2.15 bits per heavy atom. The molecule has 1 N–H and O–H groups in total. The first-order chi connectivity index (χ1) is 6.22. The average molecular weight is 185 g/mol. The number of aliphatic hydroxyl groups excluding tert-OH is 1. The zero-order chi connectivity index (χ0) is 10.5. The number of hydrogen-bond donors (Lipinski definition) is 1. The van der Waals surface area contributed by atoms with Gasteiger partial charge >= 0.3 is 0 Å². The summed E-state index contributed by atoms with van der Waals surface area (Å²) in [6, 6.07) is 0.0289. The lowest BCUT2D eigenvalue weighted by atomic mass is 10.4. The predicted octanol–water partition coefficient (Wildman–Crippen LogP) is 2.82. The van der Waals surface area contributed by atoms with Gasteiger partial charge in [0.1, 0.15) is 0 Å². The van der Waals surface area contributed by atoms with Crippen molar-refractivity contribution in [3.8, 4) is 0 Å². The summed E-state index contributed by atoms with van der Waals surface area (Å²) in [5, 5.41) is 8.50. The van der Waals surface area contributed by atoms with Crippen LogP contribution in [0.4, 0.5) is 0 Å². The zero-order valence-electron chi connectivity index (χ0n) is 9.33. The number of hydrogen-bond acceptors (Lipinski definition) is 2. The number of rotatable bonds is 4. The molecule has 0 aromatic rings. The van der Waals surface area contributed by atoms with Gasteiger partial charge in [0.15, 0.2) is 0 Å². The van der Waals surface area contributed by atoms with Gasteiger partial charge in [-0.1, -0.05) is 32.8 Å². The van der Waals surface area contributed by atoms with Crippen LogP contribution in [0.15, 0.2) is 17.1 Å². The molecule has 0 aromatic heterocycles. The number of unbranched alkanes of at least 4 members (excludes halogenated alkanes) is 1. The second-order valence-electron chi connectivity index (χ2n) is 2.86. The Balaban J connectivity index is 0. The van der Waals surface area contributed by atoms with E-state index >= 15 is 0 Å². The Bertz CT molecular complexity index is 128. The molecule has 0 aliphatic carbocycles. The lowest BCUT2D eigenvalue weighted by Crippen LogP contribution is -2.02. The highest BCUT2D eigenvalue weighted by atomic mass is 16.3. The fourth-order valence-corrected chi connectivity index (χ4v) is 0.330. The van der Waals surface area contributed by atoms with Crippen LogP contribution in [-0.4, -0.2) is 24.0 Å². The van der Waals surface area contributed by atoms with Gasteiger partial charge in [-0.3, -0.25) is 4.99 Å². The number of nitrogens with zero attached hydrogens (tertiary/aromatic N) is 1. The molecule has 0 heterocycles. The van der Waals surface area contributed by atoms with E-state index in [2.05, 4.69) is 18.8 Å². The number of allylic oxidation sites excluding steroid dienone is 2. The lowest BCUT2D eigenvalue weighted by Gasteiger charge is -1.95. The second-order valence-corrected chi connectivity index (χ2v) is 2.86. The SMILES string of the molecule is C/C=C\C=NC(C)CO.CCCC. The van der Waals surface area contributed by atoms with Crippen LogP contribution in [0.25, 0.3) is 0 Å². The van der Waals surface area contributed by atoms with Gasteiger partial charge in [-0.2, -0.15) is 0 Å². The van der Waals surface area contributed by atoms with Crippen molar-refractivity contribution in [3.05, 3.63) is 12.2 Å². The molecular formula is C11H23NO. The summed E-state index contributed by atoms with van der Waals surface area (Å²) in [5.74, 6) is 0. The molecule has 0 aliphatic rings. The normalized spacial score (nSPS) is 13.0. The first-order valence-corrected chi connectivity index (χ1v) is 4.98. The molecule has 0 radical (unpaired) electrons. The van der Waals surface area contributed by atoms with Crippen molar-refractivity contribution in [2.24, 2.45) is 4.99 Å². The van der Waals surface area contributed by atoms with E-state index in [4.69, 9.17) is 5.11 Å². The second kappa shape index (κ2) is 13.9. The van der Waals surface area contributed by atoms with Crippen molar-refractivity contribution < 1.29 is 5.11 Å². The molecule has 0 spiro atoms. The first-order valence-electron chi connectivity index (χ1n) is 4.98. The Labute approximate surface area is 82.4 Å². The summed E-state index contributed by atoms with van der Waals surface area (Å²) in [4.78, 5) is 3.97. The minimum Gasteiger partial charge on any atom is -0.394 e. The van der Waals surface area contributed by atoms with Crippen molar-refractivity contribution in [2.45, 2.75) is 46.6 Å². The molecule has 2 nitrogen and oxygen atoms in total. The van der Waals surface area contributed by atoms with E-state index < -0.39 is 0 Å². The van der Waals surface area contributed by atoms with E-state index in [0.29, 0.717) is 0 Å². The third-order valence-electron chi connectivity index (χ3n) is 1.38. The van der Waals surface area contributed by atoms with Gasteiger partial charge < -0.3 is 5.11 Å². The van der Waals surface area contributed by atoms with Gasteiger partial charge in [0.25, 0.3) is 0 Å². The maximum atomic E-state index is 8.50. The van der Waals surface area contributed by atoms with E-state index in [9.17, 15) is 0 Å². The molecule has 0 bridgehead atoms. The molecule has 13 heavy (non-hydrogen) atoms. The van der Waals surface area contributed by atoms with Crippen LogP contribution in [0, 0.1) is 0 Å². The summed E-state index contributed by atoms with van der Waals surface area (Å²) in [6.45, 7) is 8.27. The maximum absolute atomic E-state index is 8.50. The van der Waals surface area contributed by atoms with Crippen LogP contribution in [-0.2, 0) is 0 Å². The summed E-state index contributed by atoms with van der Waals surface area (Å²) in [7, 11) is 0. The molecule has 0 saturated heterocycles. The summed E-state index contributed by atoms with van der Waals surface area (Å²) in [6.07, 6.45) is 8.07. The summed E-state index contributed by atoms with van der Waals surface area (Å²) >= 11 is 0. The zero-order valence-corrected chi connectivity index (χ0v) is 9.33. The van der Waals surface area contributed by atoms with Crippen LogP contribution in [0.5, 0.6) is 0 Å². The van der Waals surface area contributed by atoms with Gasteiger partial charge in [-0.25, -0.2) is 0 Å². The van der Waals surface area contributed by atoms with Crippen molar-refractivity contribution >= 4 is 6.21 Å². The van der Waals surface area contributed by atoms with Gasteiger partial charge in [0, 0.05) is 6.21 Å². The first kappa shape index (κ1) is 14.9. The maximum Gasteiger partial charge on any atom is 0.0702 e. The smallest absolute Gasteiger partial charge is 0.0702 e. The summed E-state index contributed by atoms with van der Waals surface area (Å²) in [5.41, 5.74) is 0. The lowest BCUT2D eigenvalue weighted by molar-refractivity contribution is 0.275. The highest BCUT2D eigenvalue weighted by Gasteiger charge is 1.89. The molecular weight excluding hydrogens is 162 g/mol. The van der Waals surface area contributed by atoms with Crippen LogP contribution in [0.3, 0.4) is 0 Å². The molecule has 78 valence electrons. The van der Waals surface area contributed by atoms with Crippen LogP contribution in [0.2, 0.25) is 0 Å². The van der Waals surface area contributed by atoms with Gasteiger partial charge in [-0.05, 0) is 19.9 Å². The van der Waals surface area contributed by atoms with E-state index in [1.54, 1.807) is 6.21 Å². The molecule has 1 atom stereocenters. The minimum atomic E-state index is 0.0289. The third kappa shape index (κ3) is 18.4. The van der Waals surface area contributed by atoms with Crippen molar-refractivity contribution in [3.63, 3.8) is 0 Å².